The Morgan fingerprint density at radius 2 is 1.78 bits per heavy atom. The van der Waals surface area contributed by atoms with Crippen LogP contribution in [0.15, 0.2) is 18.2 Å². The van der Waals surface area contributed by atoms with Gasteiger partial charge in [-0.05, 0) is 33.0 Å². The minimum Gasteiger partial charge on any atom is -0.493 e. The summed E-state index contributed by atoms with van der Waals surface area (Å²) in [6.07, 6.45) is 0. The molecule has 0 bridgehead atoms. The molecule has 0 radical (unpaired) electrons. The van der Waals surface area contributed by atoms with Gasteiger partial charge in [-0.15, -0.1) is 0 Å². The maximum absolute atomic E-state index is 5.32. The number of benzene rings is 1. The number of ether oxygens (including phenoxy) is 2. The molecule has 0 spiro atoms. The van der Waals surface area contributed by atoms with Crippen molar-refractivity contribution in [2.24, 2.45) is 0 Å². The molecule has 102 valence electrons. The lowest BCUT2D eigenvalue weighted by atomic mass is 10.1. The standard InChI is InChI=1S/C14H24N2O2/c1-14(2,15-3)10-16(4)11-7-8-12(17-5)13(9-11)18-6/h7-9,15H,10H2,1-6H3. The summed E-state index contributed by atoms with van der Waals surface area (Å²) in [5, 5.41) is 3.30. The minimum atomic E-state index is 0.0575. The highest BCUT2D eigenvalue weighted by atomic mass is 16.5. The molecule has 0 amide bonds. The van der Waals surface area contributed by atoms with E-state index >= 15 is 0 Å². The number of hydrogen-bond donors (Lipinski definition) is 1. The first-order valence-corrected chi connectivity index (χ1v) is 6.05. The monoisotopic (exact) mass is 252 g/mol. The molecule has 1 aromatic rings. The Bertz CT molecular complexity index is 391. The summed E-state index contributed by atoms with van der Waals surface area (Å²) in [6.45, 7) is 5.24. The molecule has 1 rings (SSSR count). The van der Waals surface area contributed by atoms with Gasteiger partial charge in [-0.3, -0.25) is 0 Å². The Morgan fingerprint density at radius 1 is 1.17 bits per heavy atom. The molecule has 0 atom stereocenters. The summed E-state index contributed by atoms with van der Waals surface area (Å²) < 4.78 is 10.6. The van der Waals surface area contributed by atoms with Gasteiger partial charge in [0.05, 0.1) is 14.2 Å². The topological polar surface area (TPSA) is 33.7 Å². The zero-order valence-electron chi connectivity index (χ0n) is 12.2. The van der Waals surface area contributed by atoms with Crippen LogP contribution in [0.1, 0.15) is 13.8 Å². The van der Waals surface area contributed by atoms with Crippen LogP contribution in [0.25, 0.3) is 0 Å². The Hall–Kier alpha value is -1.42. The van der Waals surface area contributed by atoms with Gasteiger partial charge in [0.15, 0.2) is 11.5 Å². The van der Waals surface area contributed by atoms with E-state index in [-0.39, 0.29) is 5.54 Å². The van der Waals surface area contributed by atoms with Gasteiger partial charge >= 0.3 is 0 Å². The molecule has 0 aliphatic rings. The van der Waals surface area contributed by atoms with E-state index in [1.807, 2.05) is 25.2 Å². The minimum absolute atomic E-state index is 0.0575. The zero-order chi connectivity index (χ0) is 13.8. The lowest BCUT2D eigenvalue weighted by Gasteiger charge is -2.31. The molecule has 0 fully saturated rings. The second-order valence-electron chi connectivity index (χ2n) is 5.03. The Kier molecular flexibility index (Phi) is 4.84. The van der Waals surface area contributed by atoms with Crippen LogP contribution in [0.5, 0.6) is 11.5 Å². The number of rotatable bonds is 6. The quantitative estimate of drug-likeness (QED) is 0.841. The number of methoxy groups -OCH3 is 2. The summed E-state index contributed by atoms with van der Waals surface area (Å²) in [5.41, 5.74) is 1.16. The maximum atomic E-state index is 5.32. The van der Waals surface area contributed by atoms with Crippen molar-refractivity contribution in [1.29, 1.82) is 0 Å². The van der Waals surface area contributed by atoms with Crippen molar-refractivity contribution in [3.05, 3.63) is 18.2 Å². The van der Waals surface area contributed by atoms with Crippen LogP contribution in [-0.2, 0) is 0 Å². The Labute approximate surface area is 110 Å². The summed E-state index contributed by atoms with van der Waals surface area (Å²) >= 11 is 0. The van der Waals surface area contributed by atoms with Crippen LogP contribution in [0.2, 0.25) is 0 Å². The van der Waals surface area contributed by atoms with Crippen molar-refractivity contribution >= 4 is 5.69 Å². The normalized spacial score (nSPS) is 11.2. The molecule has 0 saturated carbocycles. The molecule has 4 heteroatoms. The van der Waals surface area contributed by atoms with E-state index in [4.69, 9.17) is 9.47 Å². The van der Waals surface area contributed by atoms with Gasteiger partial charge in [0.1, 0.15) is 0 Å². The summed E-state index contributed by atoms with van der Waals surface area (Å²) in [5.74, 6) is 1.51. The Balaban J connectivity index is 2.90. The summed E-state index contributed by atoms with van der Waals surface area (Å²) in [6, 6.07) is 5.95. The van der Waals surface area contributed by atoms with E-state index in [9.17, 15) is 0 Å². The highest BCUT2D eigenvalue weighted by Crippen LogP contribution is 2.31. The summed E-state index contributed by atoms with van der Waals surface area (Å²) in [4.78, 5) is 2.19. The average Bonchev–Trinajstić information content (AvgIpc) is 2.37. The van der Waals surface area contributed by atoms with Crippen molar-refractivity contribution in [1.82, 2.24) is 5.32 Å². The largest absolute Gasteiger partial charge is 0.493 e. The van der Waals surface area contributed by atoms with Gasteiger partial charge < -0.3 is 19.7 Å². The molecule has 0 aromatic heterocycles. The number of nitrogens with one attached hydrogen (secondary N) is 1. The predicted octanol–water partition coefficient (Wildman–Crippen LogP) is 2.14. The first-order valence-electron chi connectivity index (χ1n) is 6.05. The second-order valence-corrected chi connectivity index (χ2v) is 5.03. The molecule has 4 nitrogen and oxygen atoms in total. The SMILES string of the molecule is CNC(C)(C)CN(C)c1ccc(OC)c(OC)c1. The second kappa shape index (κ2) is 5.96. The van der Waals surface area contributed by atoms with Crippen molar-refractivity contribution in [2.45, 2.75) is 19.4 Å². The fraction of sp³-hybridized carbons (Fsp3) is 0.571. The van der Waals surface area contributed by atoms with E-state index in [1.165, 1.54) is 0 Å². The van der Waals surface area contributed by atoms with Gasteiger partial charge in [-0.25, -0.2) is 0 Å². The van der Waals surface area contributed by atoms with Crippen molar-refractivity contribution in [2.75, 3.05) is 39.8 Å². The van der Waals surface area contributed by atoms with Crippen molar-refractivity contribution in [3.8, 4) is 11.5 Å². The molecular weight excluding hydrogens is 228 g/mol. The van der Waals surface area contributed by atoms with E-state index in [1.54, 1.807) is 14.2 Å². The van der Waals surface area contributed by atoms with E-state index in [2.05, 4.69) is 31.1 Å². The van der Waals surface area contributed by atoms with Crippen LogP contribution < -0.4 is 19.7 Å². The van der Waals surface area contributed by atoms with E-state index < -0.39 is 0 Å². The highest BCUT2D eigenvalue weighted by molar-refractivity contribution is 5.56. The fourth-order valence-electron chi connectivity index (χ4n) is 1.83. The smallest absolute Gasteiger partial charge is 0.162 e. The van der Waals surface area contributed by atoms with Gasteiger partial charge in [0.2, 0.25) is 0 Å². The third-order valence-corrected chi connectivity index (χ3v) is 3.12. The van der Waals surface area contributed by atoms with Crippen LogP contribution >= 0.6 is 0 Å². The first kappa shape index (κ1) is 14.6. The predicted molar refractivity (Wildman–Crippen MR) is 76.0 cm³/mol. The van der Waals surface area contributed by atoms with Crippen molar-refractivity contribution < 1.29 is 9.47 Å². The van der Waals surface area contributed by atoms with Gasteiger partial charge in [0, 0.05) is 30.9 Å². The van der Waals surface area contributed by atoms with E-state index in [0.717, 1.165) is 23.7 Å². The Morgan fingerprint density at radius 3 is 2.28 bits per heavy atom. The molecule has 1 aromatic carbocycles. The number of anilines is 1. The average molecular weight is 252 g/mol. The highest BCUT2D eigenvalue weighted by Gasteiger charge is 2.18. The maximum Gasteiger partial charge on any atom is 0.162 e. The van der Waals surface area contributed by atoms with Crippen molar-refractivity contribution in [3.63, 3.8) is 0 Å². The number of nitrogens with zero attached hydrogens (tertiary/aromatic N) is 1. The zero-order valence-corrected chi connectivity index (χ0v) is 12.2. The molecule has 0 aliphatic heterocycles. The van der Waals surface area contributed by atoms with Gasteiger partial charge in [-0.2, -0.15) is 0 Å². The molecule has 0 aliphatic carbocycles. The summed E-state index contributed by atoms with van der Waals surface area (Å²) in [7, 11) is 7.34. The van der Waals surface area contributed by atoms with Gasteiger partial charge in [-0.1, -0.05) is 0 Å². The lowest BCUT2D eigenvalue weighted by molar-refractivity contribution is 0.355. The van der Waals surface area contributed by atoms with Gasteiger partial charge in [0.25, 0.3) is 0 Å². The molecule has 0 unspecified atom stereocenters. The lowest BCUT2D eigenvalue weighted by Crippen LogP contribution is -2.46. The number of hydrogen-bond acceptors (Lipinski definition) is 4. The molecular formula is C14H24N2O2. The van der Waals surface area contributed by atoms with E-state index in [0.29, 0.717) is 0 Å². The third kappa shape index (κ3) is 3.53. The van der Waals surface area contributed by atoms with Crippen LogP contribution in [0.4, 0.5) is 5.69 Å². The fourth-order valence-corrected chi connectivity index (χ4v) is 1.83. The molecule has 1 N–H and O–H groups in total. The van der Waals surface area contributed by atoms with Crippen LogP contribution in [0, 0.1) is 0 Å². The molecule has 0 heterocycles. The van der Waals surface area contributed by atoms with Crippen LogP contribution in [-0.4, -0.2) is 40.4 Å². The first-order chi connectivity index (χ1) is 8.43. The molecule has 18 heavy (non-hydrogen) atoms. The number of likely N-dealkylation sites (N-methyl/N-ethyl adjacent to an activating group) is 2. The van der Waals surface area contributed by atoms with Crippen LogP contribution in [0.3, 0.4) is 0 Å². The molecule has 0 saturated heterocycles. The third-order valence-electron chi connectivity index (χ3n) is 3.12.